The molecule has 1 aliphatic heterocycles. The van der Waals surface area contributed by atoms with Gasteiger partial charge in [-0.1, -0.05) is 12.1 Å². The summed E-state index contributed by atoms with van der Waals surface area (Å²) in [6.45, 7) is 1.50. The Morgan fingerprint density at radius 3 is 2.55 bits per heavy atom. The number of carbonyl (C=O) groups excluding carboxylic acids is 2. The van der Waals surface area contributed by atoms with Crippen LogP contribution in [0.25, 0.3) is 0 Å². The predicted molar refractivity (Wildman–Crippen MR) is 118 cm³/mol. The highest BCUT2D eigenvalue weighted by Crippen LogP contribution is 2.41. The van der Waals surface area contributed by atoms with Gasteiger partial charge in [0.2, 0.25) is 5.91 Å². The summed E-state index contributed by atoms with van der Waals surface area (Å²) in [7, 11) is 1.62. The van der Waals surface area contributed by atoms with Crippen LogP contribution in [-0.4, -0.2) is 48.5 Å². The molecule has 2 aromatic rings. The van der Waals surface area contributed by atoms with Crippen LogP contribution < -0.4 is 9.64 Å². The number of thioether (sulfide) groups is 1. The number of benzene rings is 2. The molecule has 0 aliphatic carbocycles. The number of carbonyl (C=O) groups is 3. The molecule has 1 N–H and O–H groups in total. The Morgan fingerprint density at radius 1 is 1.16 bits per heavy atom. The van der Waals surface area contributed by atoms with Crippen molar-refractivity contribution in [1.82, 2.24) is 0 Å². The van der Waals surface area contributed by atoms with E-state index >= 15 is 0 Å². The summed E-state index contributed by atoms with van der Waals surface area (Å²) in [6.07, 6.45) is 2.21. The zero-order valence-electron chi connectivity index (χ0n) is 17.5. The van der Waals surface area contributed by atoms with Crippen LogP contribution in [0.15, 0.2) is 47.4 Å². The van der Waals surface area contributed by atoms with Gasteiger partial charge < -0.3 is 14.6 Å². The van der Waals surface area contributed by atoms with Crippen molar-refractivity contribution in [2.45, 2.75) is 36.3 Å². The van der Waals surface area contributed by atoms with E-state index in [1.165, 1.54) is 22.7 Å². The number of fused-ring (bicyclic) bond motifs is 1. The van der Waals surface area contributed by atoms with E-state index in [1.54, 1.807) is 26.2 Å². The smallest absolute Gasteiger partial charge is 0.338 e. The van der Waals surface area contributed by atoms with Crippen LogP contribution >= 0.6 is 11.8 Å². The molecule has 2 aromatic carbocycles. The second-order valence-corrected chi connectivity index (χ2v) is 8.31. The van der Waals surface area contributed by atoms with E-state index < -0.39 is 18.5 Å². The zero-order chi connectivity index (χ0) is 22.4. The lowest BCUT2D eigenvalue weighted by Crippen LogP contribution is -2.44. The van der Waals surface area contributed by atoms with Gasteiger partial charge in [0.25, 0.3) is 0 Å². The van der Waals surface area contributed by atoms with Gasteiger partial charge >= 0.3 is 11.9 Å². The summed E-state index contributed by atoms with van der Waals surface area (Å²) < 4.78 is 10.2. The maximum absolute atomic E-state index is 13.1. The lowest BCUT2D eigenvalue weighted by molar-refractivity contribution is -0.136. The highest BCUT2D eigenvalue weighted by Gasteiger charge is 2.34. The Labute approximate surface area is 185 Å². The van der Waals surface area contributed by atoms with Gasteiger partial charge in [-0.05, 0) is 62.1 Å². The number of nitrogens with zero attached hydrogens (tertiary/aromatic N) is 1. The molecule has 8 heteroatoms. The summed E-state index contributed by atoms with van der Waals surface area (Å²) in [4.78, 5) is 38.6. The van der Waals surface area contributed by atoms with E-state index in [-0.39, 0.29) is 17.8 Å². The van der Waals surface area contributed by atoms with Gasteiger partial charge in [0, 0.05) is 4.90 Å². The molecule has 3 rings (SSSR count). The number of carboxylic acid groups (broad SMARTS) is 1. The molecule has 0 saturated carbocycles. The number of amides is 1. The largest absolute Gasteiger partial charge is 0.497 e. The van der Waals surface area contributed by atoms with Crippen LogP contribution in [0.5, 0.6) is 5.75 Å². The molecular weight excluding hydrogens is 418 g/mol. The molecule has 31 heavy (non-hydrogen) atoms. The van der Waals surface area contributed by atoms with Crippen LogP contribution in [0.3, 0.4) is 0 Å². The van der Waals surface area contributed by atoms with Gasteiger partial charge in [-0.25, -0.2) is 4.79 Å². The molecule has 1 atom stereocenters. The minimum atomic E-state index is -1.11. The number of hydrogen-bond donors (Lipinski definition) is 1. The SMILES string of the molecule is CCOC(=O)c1ccc2c(c1)N(CC(=O)O)C(=O)[C@H](CCCc1ccc(OC)cc1)S2. The molecule has 0 unspecified atom stereocenters. The van der Waals surface area contributed by atoms with Crippen molar-refractivity contribution in [1.29, 1.82) is 0 Å². The Hall–Kier alpha value is -3.00. The zero-order valence-corrected chi connectivity index (χ0v) is 18.3. The first-order chi connectivity index (χ1) is 14.9. The topological polar surface area (TPSA) is 93.1 Å². The number of aryl methyl sites for hydroxylation is 1. The van der Waals surface area contributed by atoms with Crippen molar-refractivity contribution in [2.75, 3.05) is 25.2 Å². The molecule has 0 saturated heterocycles. The molecule has 0 radical (unpaired) electrons. The molecule has 0 aromatic heterocycles. The van der Waals surface area contributed by atoms with Crippen LogP contribution in [0.2, 0.25) is 0 Å². The Kier molecular flexibility index (Phi) is 7.57. The van der Waals surface area contributed by atoms with E-state index in [2.05, 4.69) is 0 Å². The van der Waals surface area contributed by atoms with Gasteiger partial charge in [0.1, 0.15) is 12.3 Å². The maximum Gasteiger partial charge on any atom is 0.338 e. The predicted octanol–water partition coefficient (Wildman–Crippen LogP) is 3.79. The van der Waals surface area contributed by atoms with Gasteiger partial charge in [0.05, 0.1) is 30.2 Å². The Bertz CT molecular complexity index is 959. The van der Waals surface area contributed by atoms with Gasteiger partial charge in [0.15, 0.2) is 0 Å². The second kappa shape index (κ2) is 10.3. The minimum Gasteiger partial charge on any atom is -0.497 e. The fourth-order valence-electron chi connectivity index (χ4n) is 3.43. The molecule has 1 amide bonds. The van der Waals surface area contributed by atoms with E-state index in [1.807, 2.05) is 24.3 Å². The standard InChI is InChI=1S/C23H25NO6S/c1-3-30-23(28)16-9-12-19-18(13-16)24(14-21(25)26)22(27)20(31-19)6-4-5-15-7-10-17(29-2)11-8-15/h7-13,20H,3-6,14H2,1-2H3,(H,25,26)/t20-/m0/s1. The van der Waals surface area contributed by atoms with Crippen LogP contribution in [0.1, 0.15) is 35.7 Å². The first-order valence-corrected chi connectivity index (χ1v) is 10.9. The summed E-state index contributed by atoms with van der Waals surface area (Å²) >= 11 is 1.41. The second-order valence-electron chi connectivity index (χ2n) is 7.07. The summed E-state index contributed by atoms with van der Waals surface area (Å²) in [5, 5.41) is 8.95. The summed E-state index contributed by atoms with van der Waals surface area (Å²) in [6, 6.07) is 12.7. The van der Waals surface area contributed by atoms with Crippen LogP contribution in [-0.2, 0) is 20.7 Å². The summed E-state index contributed by atoms with van der Waals surface area (Å²) in [5.74, 6) is -1.06. The Morgan fingerprint density at radius 2 is 1.90 bits per heavy atom. The molecule has 0 bridgehead atoms. The average Bonchev–Trinajstić information content (AvgIpc) is 2.76. The van der Waals surface area contributed by atoms with Crippen molar-refractivity contribution < 1.29 is 29.0 Å². The number of esters is 1. The van der Waals surface area contributed by atoms with Crippen molar-refractivity contribution in [3.63, 3.8) is 0 Å². The quantitative estimate of drug-likeness (QED) is 0.590. The fourth-order valence-corrected chi connectivity index (χ4v) is 4.69. The lowest BCUT2D eigenvalue weighted by Gasteiger charge is -2.33. The highest BCUT2D eigenvalue weighted by atomic mass is 32.2. The average molecular weight is 444 g/mol. The number of ether oxygens (including phenoxy) is 2. The Balaban J connectivity index is 1.74. The van der Waals surface area contributed by atoms with Gasteiger partial charge in [-0.3, -0.25) is 14.5 Å². The van der Waals surface area contributed by atoms with Gasteiger partial charge in [-0.15, -0.1) is 11.8 Å². The number of hydrogen-bond acceptors (Lipinski definition) is 6. The minimum absolute atomic E-state index is 0.235. The number of anilines is 1. The highest BCUT2D eigenvalue weighted by molar-refractivity contribution is 8.01. The van der Waals surface area contributed by atoms with Crippen molar-refractivity contribution in [3.05, 3.63) is 53.6 Å². The van der Waals surface area contributed by atoms with Gasteiger partial charge in [-0.2, -0.15) is 0 Å². The molecular formula is C23H25NO6S. The van der Waals surface area contributed by atoms with Crippen molar-refractivity contribution in [3.8, 4) is 5.75 Å². The maximum atomic E-state index is 13.1. The van der Waals surface area contributed by atoms with E-state index in [9.17, 15) is 19.5 Å². The van der Waals surface area contributed by atoms with Crippen molar-refractivity contribution >= 4 is 35.3 Å². The first-order valence-electron chi connectivity index (χ1n) is 10.1. The van der Waals surface area contributed by atoms with Crippen LogP contribution in [0, 0.1) is 0 Å². The molecule has 1 heterocycles. The van der Waals surface area contributed by atoms with Crippen molar-refractivity contribution in [2.24, 2.45) is 0 Å². The molecule has 164 valence electrons. The molecule has 1 aliphatic rings. The third-order valence-corrected chi connectivity index (χ3v) is 6.28. The lowest BCUT2D eigenvalue weighted by atomic mass is 10.1. The van der Waals surface area contributed by atoms with E-state index in [0.717, 1.165) is 29.1 Å². The number of methoxy groups -OCH3 is 1. The number of carboxylic acids is 1. The molecule has 0 spiro atoms. The third kappa shape index (κ3) is 5.58. The summed E-state index contributed by atoms with van der Waals surface area (Å²) in [5.41, 5.74) is 1.88. The number of rotatable bonds is 9. The first kappa shape index (κ1) is 22.7. The monoisotopic (exact) mass is 443 g/mol. The fraction of sp³-hybridized carbons (Fsp3) is 0.348. The molecule has 7 nitrogen and oxygen atoms in total. The van der Waals surface area contributed by atoms with E-state index in [0.29, 0.717) is 17.7 Å². The number of aliphatic carboxylic acids is 1. The third-order valence-electron chi connectivity index (χ3n) is 4.96. The molecule has 0 fully saturated rings. The normalized spacial score (nSPS) is 15.4. The van der Waals surface area contributed by atoms with Crippen LogP contribution in [0.4, 0.5) is 5.69 Å². The van der Waals surface area contributed by atoms with E-state index in [4.69, 9.17) is 9.47 Å².